The molecule has 1 atom stereocenters. The first kappa shape index (κ1) is 14.1. The third-order valence-corrected chi connectivity index (χ3v) is 4.02. The molecule has 0 saturated heterocycles. The Kier molecular flexibility index (Phi) is 3.93. The number of halogens is 1. The molecule has 0 unspecified atom stereocenters. The minimum absolute atomic E-state index is 0.180. The van der Waals surface area contributed by atoms with Crippen LogP contribution in [0.1, 0.15) is 41.6 Å². The van der Waals surface area contributed by atoms with Gasteiger partial charge >= 0.3 is 0 Å². The Bertz CT molecular complexity index is 652. The molecule has 110 valence electrons. The lowest BCUT2D eigenvalue weighted by atomic mass is 10.1. The van der Waals surface area contributed by atoms with Gasteiger partial charge in [-0.25, -0.2) is 4.39 Å². The zero-order chi connectivity index (χ0) is 14.8. The summed E-state index contributed by atoms with van der Waals surface area (Å²) in [5, 5.41) is 0. The smallest absolute Gasteiger partial charge is 0.127 e. The van der Waals surface area contributed by atoms with E-state index in [-0.39, 0.29) is 11.9 Å². The first-order valence-electron chi connectivity index (χ1n) is 7.42. The largest absolute Gasteiger partial charge is 0.488 e. The van der Waals surface area contributed by atoms with Crippen LogP contribution in [-0.4, -0.2) is 0 Å². The number of ether oxygens (including phenoxy) is 1. The quantitative estimate of drug-likeness (QED) is 0.924. The second kappa shape index (κ2) is 5.86. The first-order valence-corrected chi connectivity index (χ1v) is 7.42. The Morgan fingerprint density at radius 2 is 1.95 bits per heavy atom. The Labute approximate surface area is 124 Å². The normalized spacial score (nSPS) is 14.8. The molecule has 0 spiro atoms. The highest BCUT2D eigenvalue weighted by Crippen LogP contribution is 2.27. The zero-order valence-corrected chi connectivity index (χ0v) is 12.2. The monoisotopic (exact) mass is 285 g/mol. The van der Waals surface area contributed by atoms with Crippen LogP contribution in [0.15, 0.2) is 36.4 Å². The standard InChI is InChI=1S/C18H20FNO/c1-12(20)17-8-7-16(19)10-18(17)21-11-13-5-6-14-3-2-4-15(14)9-13/h5-10,12H,2-4,11,20H2,1H3/t12-/m0/s1. The van der Waals surface area contributed by atoms with Crippen LogP contribution in [-0.2, 0) is 19.4 Å². The fourth-order valence-electron chi connectivity index (χ4n) is 2.89. The fourth-order valence-corrected chi connectivity index (χ4v) is 2.89. The van der Waals surface area contributed by atoms with Gasteiger partial charge in [0.05, 0.1) is 0 Å². The Morgan fingerprint density at radius 1 is 1.14 bits per heavy atom. The van der Waals surface area contributed by atoms with Crippen LogP contribution in [0, 0.1) is 5.82 Å². The molecule has 2 N–H and O–H groups in total. The van der Waals surface area contributed by atoms with Crippen molar-refractivity contribution in [3.8, 4) is 5.75 Å². The van der Waals surface area contributed by atoms with E-state index in [4.69, 9.17) is 10.5 Å². The highest BCUT2D eigenvalue weighted by Gasteiger charge is 2.12. The van der Waals surface area contributed by atoms with Crippen molar-refractivity contribution < 1.29 is 9.13 Å². The maximum atomic E-state index is 13.4. The van der Waals surface area contributed by atoms with E-state index >= 15 is 0 Å². The molecule has 1 aliphatic rings. The van der Waals surface area contributed by atoms with Gasteiger partial charge in [-0.05, 0) is 48.9 Å². The second-order valence-electron chi connectivity index (χ2n) is 5.72. The SMILES string of the molecule is C[C@H](N)c1ccc(F)cc1OCc1ccc2c(c1)CCC2. The maximum absolute atomic E-state index is 13.4. The number of rotatable bonds is 4. The molecular formula is C18H20FNO. The molecule has 0 amide bonds. The third-order valence-electron chi connectivity index (χ3n) is 4.02. The molecule has 0 aromatic heterocycles. The molecule has 0 aliphatic heterocycles. The van der Waals surface area contributed by atoms with Crippen LogP contribution in [0.5, 0.6) is 5.75 Å². The molecule has 0 saturated carbocycles. The summed E-state index contributed by atoms with van der Waals surface area (Å²) in [6.45, 7) is 2.31. The summed E-state index contributed by atoms with van der Waals surface area (Å²) in [7, 11) is 0. The van der Waals surface area contributed by atoms with E-state index in [2.05, 4.69) is 18.2 Å². The number of hydrogen-bond donors (Lipinski definition) is 1. The summed E-state index contributed by atoms with van der Waals surface area (Å²) in [5.74, 6) is 0.230. The van der Waals surface area contributed by atoms with Gasteiger partial charge < -0.3 is 10.5 Å². The zero-order valence-electron chi connectivity index (χ0n) is 12.2. The summed E-state index contributed by atoms with van der Waals surface area (Å²) in [6, 6.07) is 10.8. The molecule has 3 heteroatoms. The van der Waals surface area contributed by atoms with Crippen LogP contribution in [0.3, 0.4) is 0 Å². The lowest BCUT2D eigenvalue weighted by Gasteiger charge is -2.14. The molecule has 0 fully saturated rings. The van der Waals surface area contributed by atoms with Crippen LogP contribution in [0.2, 0.25) is 0 Å². The van der Waals surface area contributed by atoms with E-state index < -0.39 is 0 Å². The molecule has 21 heavy (non-hydrogen) atoms. The number of hydrogen-bond acceptors (Lipinski definition) is 2. The molecule has 0 heterocycles. The lowest BCUT2D eigenvalue weighted by Crippen LogP contribution is -2.08. The molecule has 2 aromatic rings. The molecule has 2 nitrogen and oxygen atoms in total. The van der Waals surface area contributed by atoms with Gasteiger partial charge in [0.2, 0.25) is 0 Å². The molecule has 0 radical (unpaired) electrons. The average Bonchev–Trinajstić information content (AvgIpc) is 2.92. The molecular weight excluding hydrogens is 265 g/mol. The van der Waals surface area contributed by atoms with Crippen molar-refractivity contribution in [3.63, 3.8) is 0 Å². The van der Waals surface area contributed by atoms with E-state index in [1.807, 2.05) is 6.92 Å². The average molecular weight is 285 g/mol. The van der Waals surface area contributed by atoms with Crippen molar-refractivity contribution in [1.29, 1.82) is 0 Å². The van der Waals surface area contributed by atoms with Gasteiger partial charge in [0.15, 0.2) is 0 Å². The van der Waals surface area contributed by atoms with Crippen molar-refractivity contribution in [2.45, 2.75) is 38.8 Å². The molecule has 0 bridgehead atoms. The summed E-state index contributed by atoms with van der Waals surface area (Å²) in [6.07, 6.45) is 3.56. The van der Waals surface area contributed by atoms with Crippen molar-refractivity contribution >= 4 is 0 Å². The van der Waals surface area contributed by atoms with Crippen molar-refractivity contribution in [3.05, 3.63) is 64.5 Å². The van der Waals surface area contributed by atoms with Gasteiger partial charge in [-0.2, -0.15) is 0 Å². The minimum atomic E-state index is -0.302. The van der Waals surface area contributed by atoms with Gasteiger partial charge in [-0.3, -0.25) is 0 Å². The Balaban J connectivity index is 1.77. The highest BCUT2D eigenvalue weighted by molar-refractivity contribution is 5.38. The summed E-state index contributed by atoms with van der Waals surface area (Å²) in [5.41, 5.74) is 10.7. The third kappa shape index (κ3) is 3.08. The van der Waals surface area contributed by atoms with Gasteiger partial charge in [0.25, 0.3) is 0 Å². The number of fused-ring (bicyclic) bond motifs is 1. The fraction of sp³-hybridized carbons (Fsp3) is 0.333. The lowest BCUT2D eigenvalue weighted by molar-refractivity contribution is 0.299. The topological polar surface area (TPSA) is 35.2 Å². The Hall–Kier alpha value is -1.87. The van der Waals surface area contributed by atoms with Gasteiger partial charge in [-0.1, -0.05) is 24.3 Å². The van der Waals surface area contributed by atoms with Gasteiger partial charge in [0.1, 0.15) is 18.2 Å². The predicted octanol–water partition coefficient (Wildman–Crippen LogP) is 3.91. The first-order chi connectivity index (χ1) is 10.1. The number of nitrogens with two attached hydrogens (primary N) is 1. The van der Waals surface area contributed by atoms with Crippen molar-refractivity contribution in [2.75, 3.05) is 0 Å². The summed E-state index contributed by atoms with van der Waals surface area (Å²) in [4.78, 5) is 0. The van der Waals surface area contributed by atoms with E-state index in [9.17, 15) is 4.39 Å². The van der Waals surface area contributed by atoms with E-state index in [1.54, 1.807) is 6.07 Å². The highest BCUT2D eigenvalue weighted by atomic mass is 19.1. The predicted molar refractivity (Wildman–Crippen MR) is 81.8 cm³/mol. The number of aryl methyl sites for hydroxylation is 2. The maximum Gasteiger partial charge on any atom is 0.127 e. The Morgan fingerprint density at radius 3 is 2.76 bits per heavy atom. The summed E-state index contributed by atoms with van der Waals surface area (Å²) < 4.78 is 19.2. The van der Waals surface area contributed by atoms with Crippen LogP contribution >= 0.6 is 0 Å². The van der Waals surface area contributed by atoms with Crippen LogP contribution in [0.4, 0.5) is 4.39 Å². The van der Waals surface area contributed by atoms with Crippen molar-refractivity contribution in [1.82, 2.24) is 0 Å². The van der Waals surface area contributed by atoms with Gasteiger partial charge in [-0.15, -0.1) is 0 Å². The number of benzene rings is 2. The molecule has 2 aromatic carbocycles. The van der Waals surface area contributed by atoms with Gasteiger partial charge in [0, 0.05) is 17.7 Å². The van der Waals surface area contributed by atoms with E-state index in [1.165, 1.54) is 36.1 Å². The van der Waals surface area contributed by atoms with E-state index in [0.29, 0.717) is 12.4 Å². The van der Waals surface area contributed by atoms with E-state index in [0.717, 1.165) is 17.5 Å². The second-order valence-corrected chi connectivity index (χ2v) is 5.72. The minimum Gasteiger partial charge on any atom is -0.488 e. The van der Waals surface area contributed by atoms with Crippen LogP contribution < -0.4 is 10.5 Å². The van der Waals surface area contributed by atoms with Crippen molar-refractivity contribution in [2.24, 2.45) is 5.73 Å². The summed E-state index contributed by atoms with van der Waals surface area (Å²) >= 11 is 0. The molecule has 1 aliphatic carbocycles. The van der Waals surface area contributed by atoms with Crippen LogP contribution in [0.25, 0.3) is 0 Å². The molecule has 3 rings (SSSR count).